The molecule has 4 nitrogen and oxygen atoms in total. The number of benzene rings is 3. The Bertz CT molecular complexity index is 1110. The monoisotopic (exact) mass is 357 g/mol. The number of fused-ring (bicyclic) bond motifs is 1. The highest BCUT2D eigenvalue weighted by Crippen LogP contribution is 2.19. The second-order valence-corrected chi connectivity index (χ2v) is 6.92. The van der Waals surface area contributed by atoms with Gasteiger partial charge < -0.3 is 14.2 Å². The number of aromatic nitrogens is 2. The van der Waals surface area contributed by atoms with E-state index in [-0.39, 0.29) is 0 Å². The molecule has 0 radical (unpaired) electrons. The van der Waals surface area contributed by atoms with Gasteiger partial charge in [-0.2, -0.15) is 0 Å². The standard InChI is InChI=1S/C23H23N3O/c1-17-11-13-18(14-12-17)15-25-20-9-5-6-10-21(20)26(23(25)24)16-22(27)19-7-3-2-4-8-19/h2-14,22,24,27H,15-16H2,1H3/t22-/m0/s1. The van der Waals surface area contributed by atoms with Crippen molar-refractivity contribution in [3.8, 4) is 0 Å². The van der Waals surface area contributed by atoms with E-state index in [1.165, 1.54) is 5.56 Å². The molecule has 4 aromatic rings. The number of nitrogens with one attached hydrogen (secondary N) is 1. The molecule has 0 aliphatic carbocycles. The van der Waals surface area contributed by atoms with Gasteiger partial charge in [-0.15, -0.1) is 0 Å². The lowest BCUT2D eigenvalue weighted by atomic mass is 10.1. The molecule has 0 aliphatic rings. The van der Waals surface area contributed by atoms with Crippen LogP contribution < -0.4 is 5.62 Å². The summed E-state index contributed by atoms with van der Waals surface area (Å²) in [6.45, 7) is 3.06. The van der Waals surface area contributed by atoms with E-state index in [9.17, 15) is 5.11 Å². The average Bonchev–Trinajstić information content (AvgIpc) is 2.96. The Morgan fingerprint density at radius 3 is 2.07 bits per heavy atom. The second-order valence-electron chi connectivity index (χ2n) is 6.92. The number of aryl methyl sites for hydroxylation is 1. The molecule has 0 saturated heterocycles. The van der Waals surface area contributed by atoms with E-state index >= 15 is 0 Å². The molecule has 136 valence electrons. The number of para-hydroxylation sites is 2. The van der Waals surface area contributed by atoms with Crippen molar-refractivity contribution < 1.29 is 5.11 Å². The zero-order chi connectivity index (χ0) is 18.8. The second kappa shape index (κ2) is 7.25. The molecule has 0 unspecified atom stereocenters. The third-order valence-corrected chi connectivity index (χ3v) is 4.98. The molecular formula is C23H23N3O. The lowest BCUT2D eigenvalue weighted by Crippen LogP contribution is -2.27. The normalized spacial score (nSPS) is 12.4. The van der Waals surface area contributed by atoms with Crippen LogP contribution >= 0.6 is 0 Å². The van der Waals surface area contributed by atoms with Crippen LogP contribution in [0.1, 0.15) is 22.8 Å². The number of aliphatic hydroxyl groups excluding tert-OH is 1. The van der Waals surface area contributed by atoms with Crippen LogP contribution in [0.25, 0.3) is 11.0 Å². The first-order valence-corrected chi connectivity index (χ1v) is 9.14. The van der Waals surface area contributed by atoms with Crippen molar-refractivity contribution in [3.63, 3.8) is 0 Å². The smallest absolute Gasteiger partial charge is 0.203 e. The highest BCUT2D eigenvalue weighted by atomic mass is 16.3. The third-order valence-electron chi connectivity index (χ3n) is 4.98. The molecule has 4 heteroatoms. The van der Waals surface area contributed by atoms with Crippen LogP contribution in [0, 0.1) is 12.3 Å². The van der Waals surface area contributed by atoms with E-state index in [0.29, 0.717) is 18.7 Å². The van der Waals surface area contributed by atoms with Crippen LogP contribution in [0.5, 0.6) is 0 Å². The van der Waals surface area contributed by atoms with E-state index in [0.717, 1.165) is 22.2 Å². The largest absolute Gasteiger partial charge is 0.387 e. The number of imidazole rings is 1. The van der Waals surface area contributed by atoms with Gasteiger partial charge in [-0.1, -0.05) is 72.3 Å². The Kier molecular flexibility index (Phi) is 4.65. The van der Waals surface area contributed by atoms with Gasteiger partial charge in [0.1, 0.15) is 0 Å². The molecule has 1 aromatic heterocycles. The summed E-state index contributed by atoms with van der Waals surface area (Å²) < 4.78 is 3.89. The number of rotatable bonds is 5. The third kappa shape index (κ3) is 3.44. The Hall–Kier alpha value is -3.11. The van der Waals surface area contributed by atoms with Gasteiger partial charge in [-0.25, -0.2) is 0 Å². The van der Waals surface area contributed by atoms with Crippen molar-refractivity contribution >= 4 is 11.0 Å². The molecule has 0 saturated carbocycles. The molecular weight excluding hydrogens is 334 g/mol. The van der Waals surface area contributed by atoms with Crippen LogP contribution in [0.15, 0.2) is 78.9 Å². The van der Waals surface area contributed by atoms with Crippen LogP contribution in [0.2, 0.25) is 0 Å². The maximum absolute atomic E-state index is 10.7. The minimum absolute atomic E-state index is 0.351. The summed E-state index contributed by atoms with van der Waals surface area (Å²) in [7, 11) is 0. The van der Waals surface area contributed by atoms with Crippen molar-refractivity contribution in [2.75, 3.05) is 0 Å². The highest BCUT2D eigenvalue weighted by Gasteiger charge is 2.15. The van der Waals surface area contributed by atoms with Crippen LogP contribution in [-0.2, 0) is 13.1 Å². The lowest BCUT2D eigenvalue weighted by molar-refractivity contribution is 0.155. The van der Waals surface area contributed by atoms with E-state index in [2.05, 4.69) is 31.2 Å². The van der Waals surface area contributed by atoms with Crippen molar-refractivity contribution in [2.24, 2.45) is 0 Å². The number of hydrogen-bond acceptors (Lipinski definition) is 2. The summed E-state index contributed by atoms with van der Waals surface area (Å²) in [6, 6.07) is 26.0. The molecule has 0 fully saturated rings. The molecule has 0 spiro atoms. The molecule has 27 heavy (non-hydrogen) atoms. The first-order chi connectivity index (χ1) is 13.1. The summed E-state index contributed by atoms with van der Waals surface area (Å²) in [4.78, 5) is 0. The van der Waals surface area contributed by atoms with Crippen molar-refractivity contribution in [1.29, 1.82) is 5.41 Å². The quantitative estimate of drug-likeness (QED) is 0.557. The number of aliphatic hydroxyl groups is 1. The van der Waals surface area contributed by atoms with Gasteiger partial charge in [0.15, 0.2) is 0 Å². The van der Waals surface area contributed by atoms with Gasteiger partial charge >= 0.3 is 0 Å². The van der Waals surface area contributed by atoms with E-state index in [1.54, 1.807) is 0 Å². The maximum atomic E-state index is 10.7. The summed E-state index contributed by atoms with van der Waals surface area (Å²) in [6.07, 6.45) is -0.654. The van der Waals surface area contributed by atoms with Gasteiger partial charge in [-0.3, -0.25) is 5.41 Å². The summed E-state index contributed by atoms with van der Waals surface area (Å²) in [5.41, 5.74) is 5.60. The van der Waals surface area contributed by atoms with Gasteiger partial charge in [0.05, 0.1) is 30.2 Å². The Balaban J connectivity index is 1.74. The highest BCUT2D eigenvalue weighted by molar-refractivity contribution is 5.76. The first-order valence-electron chi connectivity index (χ1n) is 9.14. The van der Waals surface area contributed by atoms with Gasteiger partial charge in [0.2, 0.25) is 5.62 Å². The summed E-state index contributed by atoms with van der Waals surface area (Å²) in [5, 5.41) is 19.4. The topological polar surface area (TPSA) is 53.9 Å². The zero-order valence-electron chi connectivity index (χ0n) is 15.3. The molecule has 0 amide bonds. The van der Waals surface area contributed by atoms with Gasteiger partial charge in [0, 0.05) is 0 Å². The van der Waals surface area contributed by atoms with E-state index in [1.807, 2.05) is 63.7 Å². The van der Waals surface area contributed by atoms with Crippen LogP contribution in [0.3, 0.4) is 0 Å². The average molecular weight is 357 g/mol. The van der Waals surface area contributed by atoms with Gasteiger partial charge in [-0.05, 0) is 30.2 Å². The fourth-order valence-electron chi connectivity index (χ4n) is 3.47. The number of hydrogen-bond donors (Lipinski definition) is 2. The van der Waals surface area contributed by atoms with Crippen molar-refractivity contribution in [1.82, 2.24) is 9.13 Å². The molecule has 4 rings (SSSR count). The summed E-state index contributed by atoms with van der Waals surface area (Å²) in [5.74, 6) is 0. The molecule has 3 aromatic carbocycles. The molecule has 1 heterocycles. The Morgan fingerprint density at radius 2 is 1.41 bits per heavy atom. The molecule has 1 atom stereocenters. The zero-order valence-corrected chi connectivity index (χ0v) is 15.3. The molecule has 2 N–H and O–H groups in total. The summed E-state index contributed by atoms with van der Waals surface area (Å²) >= 11 is 0. The first kappa shape index (κ1) is 17.3. The predicted octanol–water partition coefficient (Wildman–Crippen LogP) is 4.01. The van der Waals surface area contributed by atoms with Gasteiger partial charge in [0.25, 0.3) is 0 Å². The minimum Gasteiger partial charge on any atom is -0.387 e. The van der Waals surface area contributed by atoms with Crippen LogP contribution in [0.4, 0.5) is 0 Å². The number of nitrogens with zero attached hydrogens (tertiary/aromatic N) is 2. The Labute approximate surface area is 158 Å². The maximum Gasteiger partial charge on any atom is 0.203 e. The fraction of sp³-hybridized carbons (Fsp3) is 0.174. The van der Waals surface area contributed by atoms with Crippen molar-refractivity contribution in [3.05, 3.63) is 101 Å². The van der Waals surface area contributed by atoms with Crippen LogP contribution in [-0.4, -0.2) is 14.2 Å². The lowest BCUT2D eigenvalue weighted by Gasteiger charge is -2.12. The SMILES string of the molecule is Cc1ccc(Cn2c(=N)n(C[C@H](O)c3ccccc3)c3ccccc32)cc1. The predicted molar refractivity (Wildman–Crippen MR) is 107 cm³/mol. The molecule has 0 aliphatic heterocycles. The fourth-order valence-corrected chi connectivity index (χ4v) is 3.47. The van der Waals surface area contributed by atoms with E-state index < -0.39 is 6.10 Å². The minimum atomic E-state index is -0.654. The Morgan fingerprint density at radius 1 is 0.815 bits per heavy atom. The molecule has 0 bridgehead atoms. The van der Waals surface area contributed by atoms with E-state index in [4.69, 9.17) is 5.41 Å². The van der Waals surface area contributed by atoms with Crippen molar-refractivity contribution in [2.45, 2.75) is 26.1 Å².